The smallest absolute Gasteiger partial charge is 0.240 e. The molecule has 1 aromatic rings. The molecule has 0 spiro atoms. The van der Waals surface area contributed by atoms with Crippen molar-refractivity contribution in [3.63, 3.8) is 0 Å². The van der Waals surface area contributed by atoms with Crippen molar-refractivity contribution in [2.75, 3.05) is 6.54 Å². The summed E-state index contributed by atoms with van der Waals surface area (Å²) in [4.78, 5) is 17.9. The largest absolute Gasteiger partial charge is 0.332 e. The molecule has 0 radical (unpaired) electrons. The average molecular weight is 220 g/mol. The Hall–Kier alpha value is -1.62. The molecule has 86 valence electrons. The zero-order valence-corrected chi connectivity index (χ0v) is 9.17. The van der Waals surface area contributed by atoms with Gasteiger partial charge in [-0.25, -0.2) is 4.98 Å². The van der Waals surface area contributed by atoms with E-state index in [0.29, 0.717) is 19.5 Å². The van der Waals surface area contributed by atoms with E-state index >= 15 is 0 Å². The molecule has 1 aromatic heterocycles. The second kappa shape index (κ2) is 4.49. The van der Waals surface area contributed by atoms with E-state index in [0.717, 1.165) is 12.4 Å². The number of imidazole rings is 1. The van der Waals surface area contributed by atoms with Crippen molar-refractivity contribution < 1.29 is 4.79 Å². The molecule has 1 amide bonds. The molecule has 5 heteroatoms. The van der Waals surface area contributed by atoms with E-state index in [1.807, 2.05) is 6.20 Å². The molecule has 5 nitrogen and oxygen atoms in total. The van der Waals surface area contributed by atoms with Gasteiger partial charge in [0, 0.05) is 25.5 Å². The molecule has 0 fully saturated rings. The fourth-order valence-corrected chi connectivity index (χ4v) is 1.88. The van der Waals surface area contributed by atoms with Gasteiger partial charge in [0.05, 0.1) is 12.6 Å². The molecule has 16 heavy (non-hydrogen) atoms. The molecule has 2 rings (SSSR count). The van der Waals surface area contributed by atoms with Gasteiger partial charge in [-0.1, -0.05) is 6.08 Å². The number of amides is 1. The minimum atomic E-state index is -0.473. The summed E-state index contributed by atoms with van der Waals surface area (Å²) in [6, 6.07) is -0.473. The second-order valence-electron chi connectivity index (χ2n) is 3.93. The van der Waals surface area contributed by atoms with Gasteiger partial charge in [-0.2, -0.15) is 0 Å². The molecule has 0 bridgehead atoms. The van der Waals surface area contributed by atoms with Crippen LogP contribution in [-0.2, 0) is 17.9 Å². The van der Waals surface area contributed by atoms with Crippen molar-refractivity contribution in [3.05, 3.63) is 30.9 Å². The quantitative estimate of drug-likeness (QED) is 0.736. The zero-order chi connectivity index (χ0) is 11.5. The zero-order valence-electron chi connectivity index (χ0n) is 9.17. The number of hydrogen-bond donors (Lipinski definition) is 1. The van der Waals surface area contributed by atoms with Gasteiger partial charge in [0.1, 0.15) is 5.82 Å². The van der Waals surface area contributed by atoms with Gasteiger partial charge in [-0.05, 0) is 6.42 Å². The first kappa shape index (κ1) is 10.9. The Labute approximate surface area is 94.6 Å². The Kier molecular flexibility index (Phi) is 3.05. The molecule has 0 saturated carbocycles. The third kappa shape index (κ3) is 1.99. The van der Waals surface area contributed by atoms with Crippen LogP contribution in [0, 0.1) is 0 Å². The summed E-state index contributed by atoms with van der Waals surface area (Å²) in [6.07, 6.45) is 5.88. The van der Waals surface area contributed by atoms with Gasteiger partial charge < -0.3 is 15.2 Å². The van der Waals surface area contributed by atoms with Crippen LogP contribution in [0.25, 0.3) is 0 Å². The van der Waals surface area contributed by atoms with Gasteiger partial charge in [0.2, 0.25) is 5.91 Å². The first-order valence-electron chi connectivity index (χ1n) is 5.37. The standard InChI is InChI=1S/C11H16N4O/c1-2-3-9(12)11(16)15-7-6-14-5-4-13-10(14)8-15/h2,4-5,9H,1,3,6-8,12H2. The molecule has 0 aliphatic carbocycles. The van der Waals surface area contributed by atoms with Crippen LogP contribution in [0.3, 0.4) is 0 Å². The normalized spacial score (nSPS) is 16.7. The minimum Gasteiger partial charge on any atom is -0.332 e. The maximum absolute atomic E-state index is 11.9. The second-order valence-corrected chi connectivity index (χ2v) is 3.93. The Morgan fingerprint density at radius 1 is 1.69 bits per heavy atom. The van der Waals surface area contributed by atoms with Gasteiger partial charge >= 0.3 is 0 Å². The number of carbonyl (C=O) groups excluding carboxylic acids is 1. The fourth-order valence-electron chi connectivity index (χ4n) is 1.88. The van der Waals surface area contributed by atoms with Crippen LogP contribution in [0.4, 0.5) is 0 Å². The monoisotopic (exact) mass is 220 g/mol. The highest BCUT2D eigenvalue weighted by Crippen LogP contribution is 2.11. The Morgan fingerprint density at radius 2 is 2.50 bits per heavy atom. The molecule has 1 aliphatic heterocycles. The molecule has 1 unspecified atom stereocenters. The summed E-state index contributed by atoms with van der Waals surface area (Å²) in [6.45, 7) is 5.64. The minimum absolute atomic E-state index is 0.0193. The predicted molar refractivity (Wildman–Crippen MR) is 60.4 cm³/mol. The molecule has 1 aliphatic rings. The van der Waals surface area contributed by atoms with Crippen molar-refractivity contribution in [2.24, 2.45) is 5.73 Å². The summed E-state index contributed by atoms with van der Waals surface area (Å²) in [5.41, 5.74) is 5.76. The van der Waals surface area contributed by atoms with E-state index in [-0.39, 0.29) is 5.91 Å². The summed E-state index contributed by atoms with van der Waals surface area (Å²) in [5, 5.41) is 0. The lowest BCUT2D eigenvalue weighted by Gasteiger charge is -2.29. The molecule has 1 atom stereocenters. The lowest BCUT2D eigenvalue weighted by molar-refractivity contribution is -0.134. The van der Waals surface area contributed by atoms with Crippen LogP contribution < -0.4 is 5.73 Å². The van der Waals surface area contributed by atoms with Crippen LogP contribution in [0.2, 0.25) is 0 Å². The third-order valence-electron chi connectivity index (χ3n) is 2.79. The van der Waals surface area contributed by atoms with Crippen LogP contribution in [-0.4, -0.2) is 32.9 Å². The maximum Gasteiger partial charge on any atom is 0.240 e. The number of fused-ring (bicyclic) bond motifs is 1. The first-order valence-corrected chi connectivity index (χ1v) is 5.37. The third-order valence-corrected chi connectivity index (χ3v) is 2.79. The topological polar surface area (TPSA) is 64.2 Å². The fraction of sp³-hybridized carbons (Fsp3) is 0.455. The van der Waals surface area contributed by atoms with E-state index in [1.54, 1.807) is 17.2 Å². The van der Waals surface area contributed by atoms with E-state index in [4.69, 9.17) is 5.73 Å². The van der Waals surface area contributed by atoms with E-state index in [9.17, 15) is 4.79 Å². The molecular formula is C11H16N4O. The number of rotatable bonds is 3. The number of nitrogens with two attached hydrogens (primary N) is 1. The summed E-state index contributed by atoms with van der Waals surface area (Å²) in [5.74, 6) is 0.902. The number of nitrogens with zero attached hydrogens (tertiary/aromatic N) is 3. The van der Waals surface area contributed by atoms with Crippen LogP contribution in [0.5, 0.6) is 0 Å². The molecule has 2 heterocycles. The van der Waals surface area contributed by atoms with E-state index in [2.05, 4.69) is 16.1 Å². The lowest BCUT2D eigenvalue weighted by Crippen LogP contribution is -2.46. The van der Waals surface area contributed by atoms with Crippen LogP contribution in [0.1, 0.15) is 12.2 Å². The summed E-state index contributed by atoms with van der Waals surface area (Å²) >= 11 is 0. The number of carbonyl (C=O) groups is 1. The highest BCUT2D eigenvalue weighted by atomic mass is 16.2. The Balaban J connectivity index is 2.03. The highest BCUT2D eigenvalue weighted by Gasteiger charge is 2.24. The van der Waals surface area contributed by atoms with Crippen molar-refractivity contribution in [2.45, 2.75) is 25.6 Å². The Morgan fingerprint density at radius 3 is 3.25 bits per heavy atom. The Bertz CT molecular complexity index is 398. The first-order chi connectivity index (χ1) is 7.72. The van der Waals surface area contributed by atoms with E-state index in [1.165, 1.54) is 0 Å². The summed E-state index contributed by atoms with van der Waals surface area (Å²) < 4.78 is 2.06. The van der Waals surface area contributed by atoms with Crippen LogP contribution >= 0.6 is 0 Å². The van der Waals surface area contributed by atoms with Gasteiger partial charge in [-0.15, -0.1) is 6.58 Å². The molecular weight excluding hydrogens is 204 g/mol. The average Bonchev–Trinajstić information content (AvgIpc) is 2.75. The molecule has 0 aromatic carbocycles. The van der Waals surface area contributed by atoms with Gasteiger partial charge in [0.25, 0.3) is 0 Å². The SMILES string of the molecule is C=CCC(N)C(=O)N1CCn2ccnc2C1. The van der Waals surface area contributed by atoms with Crippen LogP contribution in [0.15, 0.2) is 25.0 Å². The molecule has 0 saturated heterocycles. The van der Waals surface area contributed by atoms with Crippen molar-refractivity contribution in [1.82, 2.24) is 14.5 Å². The maximum atomic E-state index is 11.9. The lowest BCUT2D eigenvalue weighted by atomic mass is 10.2. The number of hydrogen-bond acceptors (Lipinski definition) is 3. The predicted octanol–water partition coefficient (Wildman–Crippen LogP) is 0.129. The van der Waals surface area contributed by atoms with Gasteiger partial charge in [-0.3, -0.25) is 4.79 Å². The van der Waals surface area contributed by atoms with Crippen molar-refractivity contribution >= 4 is 5.91 Å². The van der Waals surface area contributed by atoms with Crippen molar-refractivity contribution in [3.8, 4) is 0 Å². The van der Waals surface area contributed by atoms with Crippen molar-refractivity contribution in [1.29, 1.82) is 0 Å². The number of aromatic nitrogens is 2. The van der Waals surface area contributed by atoms with E-state index < -0.39 is 6.04 Å². The summed E-state index contributed by atoms with van der Waals surface area (Å²) in [7, 11) is 0. The molecule has 2 N–H and O–H groups in total. The van der Waals surface area contributed by atoms with Gasteiger partial charge in [0.15, 0.2) is 0 Å². The highest BCUT2D eigenvalue weighted by molar-refractivity contribution is 5.81.